The van der Waals surface area contributed by atoms with Crippen molar-refractivity contribution in [1.29, 1.82) is 0 Å². The van der Waals surface area contributed by atoms with E-state index in [4.69, 9.17) is 9.72 Å². The zero-order valence-corrected chi connectivity index (χ0v) is 17.0. The number of benzene rings is 2. The summed E-state index contributed by atoms with van der Waals surface area (Å²) in [5.41, 5.74) is 3.40. The van der Waals surface area contributed by atoms with Crippen LogP contribution in [0.5, 0.6) is 0 Å². The zero-order chi connectivity index (χ0) is 20.0. The van der Waals surface area contributed by atoms with E-state index in [1.54, 1.807) is 7.11 Å². The molecular formula is C23H28N4O. The second kappa shape index (κ2) is 8.85. The van der Waals surface area contributed by atoms with Gasteiger partial charge in [-0.05, 0) is 23.1 Å². The molecule has 146 valence electrons. The van der Waals surface area contributed by atoms with Crippen LogP contribution in [0.2, 0.25) is 0 Å². The number of rotatable bonds is 7. The molecule has 0 aliphatic heterocycles. The van der Waals surface area contributed by atoms with Crippen LogP contribution < -0.4 is 10.6 Å². The number of hydrogen-bond acceptors (Lipinski definition) is 5. The van der Waals surface area contributed by atoms with E-state index in [-0.39, 0.29) is 5.41 Å². The van der Waals surface area contributed by atoms with Crippen molar-refractivity contribution in [2.75, 3.05) is 30.9 Å². The zero-order valence-electron chi connectivity index (χ0n) is 17.0. The summed E-state index contributed by atoms with van der Waals surface area (Å²) >= 11 is 0. The Morgan fingerprint density at radius 3 is 2.21 bits per heavy atom. The fourth-order valence-electron chi connectivity index (χ4n) is 2.80. The van der Waals surface area contributed by atoms with Crippen molar-refractivity contribution in [1.82, 2.24) is 9.97 Å². The Labute approximate surface area is 167 Å². The van der Waals surface area contributed by atoms with Gasteiger partial charge in [0.2, 0.25) is 0 Å². The van der Waals surface area contributed by atoms with E-state index in [0.717, 1.165) is 22.9 Å². The Balaban J connectivity index is 1.87. The summed E-state index contributed by atoms with van der Waals surface area (Å²) in [6.07, 6.45) is 0. The molecule has 2 aromatic carbocycles. The molecule has 0 aliphatic rings. The Hall–Kier alpha value is -2.92. The first-order valence-corrected chi connectivity index (χ1v) is 9.50. The van der Waals surface area contributed by atoms with Gasteiger partial charge in [-0.2, -0.15) is 0 Å². The van der Waals surface area contributed by atoms with E-state index in [1.807, 2.05) is 36.4 Å². The van der Waals surface area contributed by atoms with Crippen molar-refractivity contribution in [3.63, 3.8) is 0 Å². The van der Waals surface area contributed by atoms with Crippen molar-refractivity contribution in [3.05, 3.63) is 66.2 Å². The highest BCUT2D eigenvalue weighted by atomic mass is 16.5. The van der Waals surface area contributed by atoms with Gasteiger partial charge < -0.3 is 15.4 Å². The van der Waals surface area contributed by atoms with E-state index in [1.165, 1.54) is 5.56 Å². The quantitative estimate of drug-likeness (QED) is 0.552. The first kappa shape index (κ1) is 19.8. The molecule has 5 heteroatoms. The van der Waals surface area contributed by atoms with Crippen molar-refractivity contribution in [2.45, 2.75) is 26.2 Å². The second-order valence-electron chi connectivity index (χ2n) is 7.70. The summed E-state index contributed by atoms with van der Waals surface area (Å²) < 4.78 is 5.12. The van der Waals surface area contributed by atoms with Gasteiger partial charge in [0.05, 0.1) is 6.61 Å². The lowest BCUT2D eigenvalue weighted by Gasteiger charge is -2.19. The molecule has 0 unspecified atom stereocenters. The molecule has 0 bridgehead atoms. The molecule has 2 N–H and O–H groups in total. The number of hydrogen-bond donors (Lipinski definition) is 2. The summed E-state index contributed by atoms with van der Waals surface area (Å²) in [4.78, 5) is 9.35. The van der Waals surface area contributed by atoms with Crippen LogP contribution >= 0.6 is 0 Å². The van der Waals surface area contributed by atoms with Gasteiger partial charge >= 0.3 is 0 Å². The van der Waals surface area contributed by atoms with E-state index in [0.29, 0.717) is 19.0 Å². The lowest BCUT2D eigenvalue weighted by molar-refractivity contribution is 0.210. The predicted octanol–water partition coefficient (Wildman–Crippen LogP) is 5.24. The molecule has 1 aromatic heterocycles. The van der Waals surface area contributed by atoms with Gasteiger partial charge in [0, 0.05) is 31.0 Å². The molecule has 0 atom stereocenters. The van der Waals surface area contributed by atoms with Crippen LogP contribution in [0.1, 0.15) is 26.3 Å². The Morgan fingerprint density at radius 2 is 1.57 bits per heavy atom. The standard InChI is InChI=1S/C23H28N4O/c1-23(2,3)18-10-12-19(13-11-18)25-21-16-20(24-14-15-28-4)26-22(27-21)17-8-6-5-7-9-17/h5-13,16H,14-15H2,1-4H3,(H2,24,25,26,27). The van der Waals surface area contributed by atoms with Gasteiger partial charge in [0.25, 0.3) is 0 Å². The third-order valence-electron chi connectivity index (χ3n) is 4.39. The van der Waals surface area contributed by atoms with Crippen molar-refractivity contribution >= 4 is 17.3 Å². The minimum absolute atomic E-state index is 0.131. The van der Waals surface area contributed by atoms with Crippen molar-refractivity contribution in [3.8, 4) is 11.4 Å². The largest absolute Gasteiger partial charge is 0.383 e. The third kappa shape index (κ3) is 5.30. The Morgan fingerprint density at radius 1 is 0.893 bits per heavy atom. The monoisotopic (exact) mass is 376 g/mol. The lowest BCUT2D eigenvalue weighted by atomic mass is 9.87. The molecule has 3 aromatic rings. The molecular weight excluding hydrogens is 348 g/mol. The molecule has 0 spiro atoms. The van der Waals surface area contributed by atoms with Crippen LogP contribution in [0.15, 0.2) is 60.7 Å². The van der Waals surface area contributed by atoms with Gasteiger partial charge in [-0.25, -0.2) is 9.97 Å². The molecule has 1 heterocycles. The SMILES string of the molecule is COCCNc1cc(Nc2ccc(C(C)(C)C)cc2)nc(-c2ccccc2)n1. The number of methoxy groups -OCH3 is 1. The number of anilines is 3. The summed E-state index contributed by atoms with van der Waals surface area (Å²) in [6, 6.07) is 20.4. The minimum atomic E-state index is 0.131. The average Bonchev–Trinajstić information content (AvgIpc) is 2.68. The first-order chi connectivity index (χ1) is 13.5. The summed E-state index contributed by atoms with van der Waals surface area (Å²) in [6.45, 7) is 7.93. The fraction of sp³-hybridized carbons (Fsp3) is 0.304. The van der Waals surface area contributed by atoms with E-state index in [2.05, 4.69) is 60.7 Å². The highest BCUT2D eigenvalue weighted by molar-refractivity contribution is 5.65. The van der Waals surface area contributed by atoms with Gasteiger partial charge in [-0.1, -0.05) is 63.2 Å². The van der Waals surface area contributed by atoms with Crippen LogP contribution in [-0.2, 0) is 10.2 Å². The minimum Gasteiger partial charge on any atom is -0.383 e. The van der Waals surface area contributed by atoms with E-state index < -0.39 is 0 Å². The Bertz CT molecular complexity index is 887. The Kier molecular flexibility index (Phi) is 6.26. The lowest BCUT2D eigenvalue weighted by Crippen LogP contribution is -2.11. The molecule has 0 amide bonds. The second-order valence-corrected chi connectivity index (χ2v) is 7.70. The normalized spacial score (nSPS) is 11.3. The summed E-state index contributed by atoms with van der Waals surface area (Å²) in [5.74, 6) is 2.19. The van der Waals surface area contributed by atoms with Crippen LogP contribution in [0, 0.1) is 0 Å². The maximum atomic E-state index is 5.12. The molecule has 3 rings (SSSR count). The van der Waals surface area contributed by atoms with Crippen LogP contribution in [-0.4, -0.2) is 30.2 Å². The molecule has 0 fully saturated rings. The van der Waals surface area contributed by atoms with Gasteiger partial charge in [-0.15, -0.1) is 0 Å². The van der Waals surface area contributed by atoms with Crippen LogP contribution in [0.25, 0.3) is 11.4 Å². The third-order valence-corrected chi connectivity index (χ3v) is 4.39. The molecule has 0 saturated carbocycles. The van der Waals surface area contributed by atoms with Crippen LogP contribution in [0.3, 0.4) is 0 Å². The van der Waals surface area contributed by atoms with E-state index in [9.17, 15) is 0 Å². The average molecular weight is 377 g/mol. The number of nitrogens with zero attached hydrogens (tertiary/aromatic N) is 2. The highest BCUT2D eigenvalue weighted by Crippen LogP contribution is 2.26. The van der Waals surface area contributed by atoms with Gasteiger partial charge in [-0.3, -0.25) is 0 Å². The first-order valence-electron chi connectivity index (χ1n) is 9.50. The molecule has 0 aliphatic carbocycles. The maximum Gasteiger partial charge on any atom is 0.163 e. The fourth-order valence-corrected chi connectivity index (χ4v) is 2.80. The highest BCUT2D eigenvalue weighted by Gasteiger charge is 2.13. The molecule has 28 heavy (non-hydrogen) atoms. The van der Waals surface area contributed by atoms with Gasteiger partial charge in [0.15, 0.2) is 5.82 Å². The van der Waals surface area contributed by atoms with Crippen molar-refractivity contribution < 1.29 is 4.74 Å². The maximum absolute atomic E-state index is 5.12. The summed E-state index contributed by atoms with van der Waals surface area (Å²) in [5, 5.41) is 6.70. The van der Waals surface area contributed by atoms with Crippen LogP contribution in [0.4, 0.5) is 17.3 Å². The predicted molar refractivity (Wildman–Crippen MR) is 116 cm³/mol. The van der Waals surface area contributed by atoms with Crippen molar-refractivity contribution in [2.24, 2.45) is 0 Å². The number of aromatic nitrogens is 2. The number of nitrogens with one attached hydrogen (secondary N) is 2. The summed E-state index contributed by atoms with van der Waals surface area (Å²) in [7, 11) is 1.69. The van der Waals surface area contributed by atoms with E-state index >= 15 is 0 Å². The van der Waals surface area contributed by atoms with Gasteiger partial charge in [0.1, 0.15) is 11.6 Å². The smallest absolute Gasteiger partial charge is 0.163 e. The molecule has 5 nitrogen and oxygen atoms in total. The molecule has 0 saturated heterocycles. The number of ether oxygens (including phenoxy) is 1. The molecule has 0 radical (unpaired) electrons. The topological polar surface area (TPSA) is 59.1 Å².